The van der Waals surface area contributed by atoms with Crippen LogP contribution >= 0.6 is 0 Å². The minimum atomic E-state index is -0.923. The summed E-state index contributed by atoms with van der Waals surface area (Å²) in [5, 5.41) is 12.0. The molecule has 0 fully saturated rings. The van der Waals surface area contributed by atoms with Gasteiger partial charge in [-0.25, -0.2) is 0 Å². The Morgan fingerprint density at radius 3 is 2.67 bits per heavy atom. The van der Waals surface area contributed by atoms with Gasteiger partial charge in [-0.1, -0.05) is 32.0 Å². The maximum Gasteiger partial charge on any atom is 0.320 e. The van der Waals surface area contributed by atoms with E-state index in [0.717, 1.165) is 17.7 Å². The lowest BCUT2D eigenvalue weighted by Gasteiger charge is -2.25. The Morgan fingerprint density at radius 1 is 1.38 bits per heavy atom. The van der Waals surface area contributed by atoms with E-state index in [4.69, 9.17) is 5.11 Å². The molecule has 2 atom stereocenters. The normalized spacial score (nSPS) is 18.7. The number of carbonyl (C=O) groups is 2. The van der Waals surface area contributed by atoms with Crippen molar-refractivity contribution in [3.8, 4) is 0 Å². The molecule has 0 aromatic heterocycles. The number of rotatable bonds is 5. The molecular formula is C16H22N2O3. The van der Waals surface area contributed by atoms with E-state index < -0.39 is 12.0 Å². The van der Waals surface area contributed by atoms with Crippen molar-refractivity contribution in [1.29, 1.82) is 0 Å². The number of para-hydroxylation sites is 1. The highest BCUT2D eigenvalue weighted by Gasteiger charge is 2.31. The second kappa shape index (κ2) is 6.26. The fraction of sp³-hybridized carbons (Fsp3) is 0.500. The van der Waals surface area contributed by atoms with E-state index in [-0.39, 0.29) is 24.4 Å². The van der Waals surface area contributed by atoms with Crippen LogP contribution in [0.3, 0.4) is 0 Å². The Labute approximate surface area is 125 Å². The third kappa shape index (κ3) is 3.24. The highest BCUT2D eigenvalue weighted by molar-refractivity contribution is 5.97. The fourth-order valence-corrected chi connectivity index (χ4v) is 2.84. The van der Waals surface area contributed by atoms with Crippen molar-refractivity contribution in [1.82, 2.24) is 5.32 Å². The average Bonchev–Trinajstić information content (AvgIpc) is 2.73. The molecule has 0 saturated carbocycles. The molecule has 5 heteroatoms. The highest BCUT2D eigenvalue weighted by Crippen LogP contribution is 2.31. The predicted molar refractivity (Wildman–Crippen MR) is 81.4 cm³/mol. The van der Waals surface area contributed by atoms with E-state index in [9.17, 15) is 9.59 Å². The summed E-state index contributed by atoms with van der Waals surface area (Å²) in [6, 6.07) is 7.26. The molecule has 5 nitrogen and oxygen atoms in total. The molecule has 2 unspecified atom stereocenters. The van der Waals surface area contributed by atoms with Gasteiger partial charge in [-0.15, -0.1) is 0 Å². The van der Waals surface area contributed by atoms with Crippen LogP contribution in [0, 0.1) is 5.92 Å². The SMILES string of the molecule is CC(C)C(NCC(=O)N1c2ccccc2CC1C)C(=O)O. The van der Waals surface area contributed by atoms with Crippen molar-refractivity contribution >= 4 is 17.6 Å². The van der Waals surface area contributed by atoms with Gasteiger partial charge in [-0.05, 0) is 30.9 Å². The number of amides is 1. The van der Waals surface area contributed by atoms with Gasteiger partial charge in [-0.2, -0.15) is 0 Å². The molecule has 1 aliphatic heterocycles. The van der Waals surface area contributed by atoms with Crippen LogP contribution in [0.5, 0.6) is 0 Å². The van der Waals surface area contributed by atoms with Gasteiger partial charge in [0.2, 0.25) is 5.91 Å². The van der Waals surface area contributed by atoms with Gasteiger partial charge in [0.1, 0.15) is 6.04 Å². The predicted octanol–water partition coefficient (Wildman–Crippen LogP) is 1.66. The molecule has 0 radical (unpaired) electrons. The molecule has 0 bridgehead atoms. The molecule has 114 valence electrons. The number of anilines is 1. The number of hydrogen-bond donors (Lipinski definition) is 2. The van der Waals surface area contributed by atoms with E-state index in [2.05, 4.69) is 5.32 Å². The van der Waals surface area contributed by atoms with Gasteiger partial charge in [-0.3, -0.25) is 14.9 Å². The third-order valence-electron chi connectivity index (χ3n) is 3.88. The zero-order chi connectivity index (χ0) is 15.6. The number of benzene rings is 1. The summed E-state index contributed by atoms with van der Waals surface area (Å²) in [5.74, 6) is -1.08. The lowest BCUT2D eigenvalue weighted by molar-refractivity contribution is -0.140. The van der Waals surface area contributed by atoms with E-state index in [0.29, 0.717) is 0 Å². The molecule has 1 aromatic carbocycles. The number of fused-ring (bicyclic) bond motifs is 1. The summed E-state index contributed by atoms with van der Waals surface area (Å²) in [7, 11) is 0. The summed E-state index contributed by atoms with van der Waals surface area (Å²) < 4.78 is 0. The molecule has 2 rings (SSSR count). The van der Waals surface area contributed by atoms with Crippen LogP contribution in [0.25, 0.3) is 0 Å². The fourth-order valence-electron chi connectivity index (χ4n) is 2.84. The Bertz CT molecular complexity index is 542. The highest BCUT2D eigenvalue weighted by atomic mass is 16.4. The van der Waals surface area contributed by atoms with Crippen molar-refractivity contribution in [3.63, 3.8) is 0 Å². The second-order valence-corrected chi connectivity index (χ2v) is 5.89. The summed E-state index contributed by atoms with van der Waals surface area (Å²) in [4.78, 5) is 25.4. The average molecular weight is 290 g/mol. The number of nitrogens with zero attached hydrogens (tertiary/aromatic N) is 1. The molecule has 1 aromatic rings. The topological polar surface area (TPSA) is 69.6 Å². The Hall–Kier alpha value is -1.88. The molecule has 1 amide bonds. The molecule has 2 N–H and O–H groups in total. The van der Waals surface area contributed by atoms with Crippen LogP contribution in [0.4, 0.5) is 5.69 Å². The number of nitrogens with one attached hydrogen (secondary N) is 1. The van der Waals surface area contributed by atoms with Gasteiger partial charge in [0, 0.05) is 11.7 Å². The molecule has 0 spiro atoms. The van der Waals surface area contributed by atoms with Crippen molar-refractivity contribution in [2.75, 3.05) is 11.4 Å². The van der Waals surface area contributed by atoms with Crippen LogP contribution in [0.15, 0.2) is 24.3 Å². The second-order valence-electron chi connectivity index (χ2n) is 5.89. The largest absolute Gasteiger partial charge is 0.480 e. The first kappa shape index (κ1) is 15.5. The van der Waals surface area contributed by atoms with E-state index in [1.54, 1.807) is 4.90 Å². The zero-order valence-corrected chi connectivity index (χ0v) is 12.7. The van der Waals surface area contributed by atoms with Gasteiger partial charge >= 0.3 is 5.97 Å². The number of carboxylic acid groups (broad SMARTS) is 1. The van der Waals surface area contributed by atoms with Gasteiger partial charge in [0.05, 0.1) is 6.54 Å². The van der Waals surface area contributed by atoms with Gasteiger partial charge < -0.3 is 10.0 Å². The molecule has 0 aliphatic carbocycles. The Kier molecular flexibility index (Phi) is 4.63. The van der Waals surface area contributed by atoms with Crippen LogP contribution in [-0.2, 0) is 16.0 Å². The molecule has 1 heterocycles. The quantitative estimate of drug-likeness (QED) is 0.865. The molecule has 1 aliphatic rings. The van der Waals surface area contributed by atoms with Crippen molar-refractivity contribution < 1.29 is 14.7 Å². The minimum absolute atomic E-state index is 0.0355. The third-order valence-corrected chi connectivity index (χ3v) is 3.88. The van der Waals surface area contributed by atoms with Crippen molar-refractivity contribution in [3.05, 3.63) is 29.8 Å². The Morgan fingerprint density at radius 2 is 2.05 bits per heavy atom. The van der Waals surface area contributed by atoms with Gasteiger partial charge in [0.25, 0.3) is 0 Å². The molecule has 0 saturated heterocycles. The molecular weight excluding hydrogens is 268 g/mol. The smallest absolute Gasteiger partial charge is 0.320 e. The first-order chi connectivity index (χ1) is 9.91. The van der Waals surface area contributed by atoms with E-state index in [1.807, 2.05) is 45.0 Å². The standard InChI is InChI=1S/C16H22N2O3/c1-10(2)15(16(20)21)17-9-14(19)18-11(3)8-12-6-4-5-7-13(12)18/h4-7,10-11,15,17H,8-9H2,1-3H3,(H,20,21). The zero-order valence-electron chi connectivity index (χ0n) is 12.7. The number of hydrogen-bond acceptors (Lipinski definition) is 3. The number of carboxylic acids is 1. The molecule has 21 heavy (non-hydrogen) atoms. The van der Waals surface area contributed by atoms with Crippen LogP contribution in [0.2, 0.25) is 0 Å². The van der Waals surface area contributed by atoms with E-state index in [1.165, 1.54) is 0 Å². The summed E-state index contributed by atoms with van der Waals surface area (Å²) in [6.07, 6.45) is 0.842. The number of aliphatic carboxylic acids is 1. The monoisotopic (exact) mass is 290 g/mol. The van der Waals surface area contributed by atoms with Crippen molar-refractivity contribution in [2.45, 2.75) is 39.3 Å². The van der Waals surface area contributed by atoms with Crippen LogP contribution < -0.4 is 10.2 Å². The first-order valence-electron chi connectivity index (χ1n) is 7.28. The summed E-state index contributed by atoms with van der Waals surface area (Å²) in [5.41, 5.74) is 2.10. The summed E-state index contributed by atoms with van der Waals surface area (Å²) in [6.45, 7) is 5.69. The number of carbonyl (C=O) groups excluding carboxylic acids is 1. The van der Waals surface area contributed by atoms with E-state index >= 15 is 0 Å². The van der Waals surface area contributed by atoms with Crippen molar-refractivity contribution in [2.24, 2.45) is 5.92 Å². The lowest BCUT2D eigenvalue weighted by Crippen LogP contribution is -2.48. The Balaban J connectivity index is 2.06. The first-order valence-corrected chi connectivity index (χ1v) is 7.28. The maximum absolute atomic E-state index is 12.4. The minimum Gasteiger partial charge on any atom is -0.480 e. The van der Waals surface area contributed by atoms with Gasteiger partial charge in [0.15, 0.2) is 0 Å². The lowest BCUT2D eigenvalue weighted by atomic mass is 10.1. The van der Waals surface area contributed by atoms with Crippen LogP contribution in [-0.4, -0.2) is 35.6 Å². The van der Waals surface area contributed by atoms with Crippen LogP contribution in [0.1, 0.15) is 26.3 Å². The maximum atomic E-state index is 12.4. The summed E-state index contributed by atoms with van der Waals surface area (Å²) >= 11 is 0.